The number of hydrogen-bond acceptors (Lipinski definition) is 7. The van der Waals surface area contributed by atoms with Gasteiger partial charge in [0.1, 0.15) is 0 Å². The van der Waals surface area contributed by atoms with Gasteiger partial charge in [0, 0.05) is 48.1 Å². The third-order valence-electron chi connectivity index (χ3n) is 6.08. The third-order valence-corrected chi connectivity index (χ3v) is 6.08. The van der Waals surface area contributed by atoms with Gasteiger partial charge in [-0.15, -0.1) is 5.10 Å². The van der Waals surface area contributed by atoms with Gasteiger partial charge in [-0.2, -0.15) is 4.68 Å². The molecule has 1 amide bonds. The highest BCUT2D eigenvalue weighted by molar-refractivity contribution is 5.95. The van der Waals surface area contributed by atoms with Gasteiger partial charge in [0.15, 0.2) is 5.82 Å². The molecule has 9 nitrogen and oxygen atoms in total. The van der Waals surface area contributed by atoms with Crippen molar-refractivity contribution in [1.82, 2.24) is 35.2 Å². The van der Waals surface area contributed by atoms with Gasteiger partial charge in [0.2, 0.25) is 5.91 Å². The average Bonchev–Trinajstić information content (AvgIpc) is 3.27. The third kappa shape index (κ3) is 3.70. The fourth-order valence-electron chi connectivity index (χ4n) is 4.44. The Labute approximate surface area is 186 Å². The number of nitrogens with zero attached hydrogens (tertiary/aromatic N) is 7. The summed E-state index contributed by atoms with van der Waals surface area (Å²) in [5, 5.41) is 12.1. The number of rotatable bonds is 6. The largest absolute Gasteiger partial charge is 0.366 e. The highest BCUT2D eigenvalue weighted by Crippen LogP contribution is 2.48. The van der Waals surface area contributed by atoms with Crippen LogP contribution in [0.15, 0.2) is 48.6 Å². The molecule has 3 heterocycles. The molecule has 3 aromatic heterocycles. The first kappa shape index (κ1) is 21.5. The van der Waals surface area contributed by atoms with Gasteiger partial charge in [-0.1, -0.05) is 19.9 Å². The molecule has 0 radical (unpaired) electrons. The molecule has 9 heteroatoms. The van der Waals surface area contributed by atoms with Gasteiger partial charge in [-0.05, 0) is 54.0 Å². The predicted molar refractivity (Wildman–Crippen MR) is 119 cm³/mol. The SMILES string of the molecule is CCc1nnnn1C1=CC(c2ncc(C)cc2C)(C(C)c2cnccn2)CC(C(N)=O)=C1. The number of aryl methyl sites for hydroxylation is 3. The maximum absolute atomic E-state index is 12.5. The van der Waals surface area contributed by atoms with Crippen LogP contribution in [-0.4, -0.2) is 41.1 Å². The van der Waals surface area contributed by atoms with E-state index < -0.39 is 11.3 Å². The number of allylic oxidation sites excluding steroid dienone is 3. The maximum Gasteiger partial charge on any atom is 0.244 e. The molecule has 0 aromatic carbocycles. The first-order chi connectivity index (χ1) is 15.4. The molecule has 3 aromatic rings. The molecule has 0 saturated carbocycles. The van der Waals surface area contributed by atoms with Crippen molar-refractivity contribution in [2.24, 2.45) is 5.73 Å². The molecule has 0 fully saturated rings. The van der Waals surface area contributed by atoms with Crippen molar-refractivity contribution in [2.75, 3.05) is 0 Å². The zero-order valence-corrected chi connectivity index (χ0v) is 18.6. The molecule has 0 bridgehead atoms. The molecule has 0 spiro atoms. The second-order valence-corrected chi connectivity index (χ2v) is 8.21. The lowest BCUT2D eigenvalue weighted by Gasteiger charge is -2.40. The number of nitrogens with two attached hydrogens (primary N) is 1. The van der Waals surface area contributed by atoms with Crippen molar-refractivity contribution < 1.29 is 4.79 Å². The zero-order chi connectivity index (χ0) is 22.9. The smallest absolute Gasteiger partial charge is 0.244 e. The summed E-state index contributed by atoms with van der Waals surface area (Å²) in [5.74, 6) is 0.0415. The normalized spacial score (nSPS) is 19.2. The van der Waals surface area contributed by atoms with Gasteiger partial charge in [-0.25, -0.2) is 0 Å². The number of carbonyl (C=O) groups is 1. The highest BCUT2D eigenvalue weighted by atomic mass is 16.1. The van der Waals surface area contributed by atoms with Crippen LogP contribution in [0.5, 0.6) is 0 Å². The summed E-state index contributed by atoms with van der Waals surface area (Å²) in [7, 11) is 0. The van der Waals surface area contributed by atoms with Crippen LogP contribution in [0, 0.1) is 13.8 Å². The number of tetrazole rings is 1. The van der Waals surface area contributed by atoms with Crippen LogP contribution < -0.4 is 5.73 Å². The van der Waals surface area contributed by atoms with Gasteiger partial charge in [0.05, 0.1) is 17.1 Å². The Kier molecular flexibility index (Phi) is 5.65. The Bertz CT molecular complexity index is 1210. The summed E-state index contributed by atoms with van der Waals surface area (Å²) in [5.41, 5.74) is 10.0. The number of amides is 1. The number of hydrogen-bond donors (Lipinski definition) is 1. The topological polar surface area (TPSA) is 125 Å². The number of aromatic nitrogens is 7. The van der Waals surface area contributed by atoms with E-state index in [1.54, 1.807) is 29.3 Å². The molecule has 164 valence electrons. The molecule has 2 N–H and O–H groups in total. The summed E-state index contributed by atoms with van der Waals surface area (Å²) in [6.07, 6.45) is 11.8. The fraction of sp³-hybridized carbons (Fsp3) is 0.348. The second-order valence-electron chi connectivity index (χ2n) is 8.21. The Morgan fingerprint density at radius 3 is 2.72 bits per heavy atom. The molecule has 2 unspecified atom stereocenters. The Balaban J connectivity index is 2.01. The summed E-state index contributed by atoms with van der Waals surface area (Å²) in [4.78, 5) is 26.1. The minimum absolute atomic E-state index is 0.162. The summed E-state index contributed by atoms with van der Waals surface area (Å²) < 4.78 is 1.66. The van der Waals surface area contributed by atoms with E-state index in [4.69, 9.17) is 10.7 Å². The molecule has 0 saturated heterocycles. The molecule has 4 rings (SSSR count). The predicted octanol–water partition coefficient (Wildman–Crippen LogP) is 2.44. The first-order valence-corrected chi connectivity index (χ1v) is 10.6. The van der Waals surface area contributed by atoms with Gasteiger partial charge in [0.25, 0.3) is 0 Å². The summed E-state index contributed by atoms with van der Waals surface area (Å²) in [6.45, 7) is 8.09. The number of primary amides is 1. The quantitative estimate of drug-likeness (QED) is 0.636. The van der Waals surface area contributed by atoms with Crippen LogP contribution in [0.2, 0.25) is 0 Å². The maximum atomic E-state index is 12.5. The lowest BCUT2D eigenvalue weighted by molar-refractivity contribution is -0.114. The van der Waals surface area contributed by atoms with Crippen LogP contribution in [0.1, 0.15) is 54.5 Å². The molecule has 0 aliphatic heterocycles. The number of carbonyl (C=O) groups excluding carboxylic acids is 1. The summed E-state index contributed by atoms with van der Waals surface area (Å²) in [6, 6.07) is 2.09. The Hall–Kier alpha value is -3.75. The van der Waals surface area contributed by atoms with E-state index in [1.807, 2.05) is 27.0 Å². The Morgan fingerprint density at radius 1 is 1.25 bits per heavy atom. The summed E-state index contributed by atoms with van der Waals surface area (Å²) >= 11 is 0. The van der Waals surface area contributed by atoms with E-state index in [0.29, 0.717) is 29.9 Å². The van der Waals surface area contributed by atoms with Crippen molar-refractivity contribution >= 4 is 11.6 Å². The Morgan fingerprint density at radius 2 is 2.06 bits per heavy atom. The van der Waals surface area contributed by atoms with Crippen molar-refractivity contribution in [3.8, 4) is 0 Å². The van der Waals surface area contributed by atoms with Gasteiger partial charge >= 0.3 is 0 Å². The van der Waals surface area contributed by atoms with Crippen molar-refractivity contribution in [1.29, 1.82) is 0 Å². The van der Waals surface area contributed by atoms with Gasteiger partial charge in [-0.3, -0.25) is 19.7 Å². The molecular formula is C23H26N8O. The lowest BCUT2D eigenvalue weighted by Crippen LogP contribution is -2.38. The van der Waals surface area contributed by atoms with Crippen LogP contribution in [0.4, 0.5) is 0 Å². The lowest BCUT2D eigenvalue weighted by atomic mass is 9.64. The van der Waals surface area contributed by atoms with E-state index in [1.165, 1.54) is 0 Å². The average molecular weight is 431 g/mol. The monoisotopic (exact) mass is 430 g/mol. The van der Waals surface area contributed by atoms with E-state index >= 15 is 0 Å². The van der Waals surface area contributed by atoms with Crippen molar-refractivity contribution in [2.45, 2.75) is 51.9 Å². The minimum Gasteiger partial charge on any atom is -0.366 e. The molecule has 1 aliphatic carbocycles. The van der Waals surface area contributed by atoms with E-state index in [-0.39, 0.29) is 5.92 Å². The first-order valence-electron chi connectivity index (χ1n) is 10.6. The molecule has 32 heavy (non-hydrogen) atoms. The van der Waals surface area contributed by atoms with E-state index in [2.05, 4.69) is 44.6 Å². The van der Waals surface area contributed by atoms with E-state index in [0.717, 1.165) is 22.5 Å². The van der Waals surface area contributed by atoms with Gasteiger partial charge < -0.3 is 5.73 Å². The van der Waals surface area contributed by atoms with Crippen molar-refractivity contribution in [3.05, 3.63) is 76.9 Å². The zero-order valence-electron chi connectivity index (χ0n) is 18.6. The second kappa shape index (κ2) is 8.41. The molecule has 1 aliphatic rings. The molecular weight excluding hydrogens is 404 g/mol. The highest BCUT2D eigenvalue weighted by Gasteiger charge is 2.44. The van der Waals surface area contributed by atoms with Crippen LogP contribution in [0.3, 0.4) is 0 Å². The van der Waals surface area contributed by atoms with E-state index in [9.17, 15) is 4.79 Å². The minimum atomic E-state index is -0.709. The fourth-order valence-corrected chi connectivity index (χ4v) is 4.44. The van der Waals surface area contributed by atoms with Crippen LogP contribution >= 0.6 is 0 Å². The van der Waals surface area contributed by atoms with Crippen LogP contribution in [-0.2, 0) is 16.6 Å². The van der Waals surface area contributed by atoms with Crippen molar-refractivity contribution in [3.63, 3.8) is 0 Å². The number of pyridine rings is 1. The van der Waals surface area contributed by atoms with Crippen LogP contribution in [0.25, 0.3) is 5.70 Å². The molecule has 2 atom stereocenters. The standard InChI is InChI=1S/C23H26N8O/c1-5-20-28-29-30-31(20)18-9-17(22(24)32)10-23(11-18,16(4)19-13-25-6-7-26-19)21-15(3)8-14(2)12-27-21/h6-9,11-13,16H,5,10H2,1-4H3,(H2,24,32).